The molecule has 2 aromatic carbocycles. The van der Waals surface area contributed by atoms with Crippen LogP contribution < -0.4 is 10.2 Å². The van der Waals surface area contributed by atoms with E-state index in [1.54, 1.807) is 29.2 Å². The molecule has 27 heavy (non-hydrogen) atoms. The highest BCUT2D eigenvalue weighted by Crippen LogP contribution is 2.17. The minimum Gasteiger partial charge on any atom is -0.372 e. The maximum absolute atomic E-state index is 12.5. The maximum atomic E-state index is 12.5. The molecule has 0 atom stereocenters. The van der Waals surface area contributed by atoms with E-state index < -0.39 is 0 Å². The Bertz CT molecular complexity index is 763. The summed E-state index contributed by atoms with van der Waals surface area (Å²) in [6.45, 7) is 11.3. The van der Waals surface area contributed by atoms with Crippen molar-refractivity contribution in [2.75, 3.05) is 36.4 Å². The number of nitrogens with one attached hydrogen (secondary N) is 1. The quantitative estimate of drug-likeness (QED) is 0.758. The van der Waals surface area contributed by atoms with Gasteiger partial charge in [-0.2, -0.15) is 0 Å². The van der Waals surface area contributed by atoms with Gasteiger partial charge in [0.2, 0.25) is 0 Å². The van der Waals surface area contributed by atoms with E-state index in [4.69, 9.17) is 0 Å². The van der Waals surface area contributed by atoms with Crippen LogP contribution in [0.3, 0.4) is 0 Å². The van der Waals surface area contributed by atoms with Crippen LogP contribution in [0.5, 0.6) is 0 Å². The molecule has 2 amide bonds. The Morgan fingerprint density at radius 1 is 0.815 bits per heavy atom. The topological polar surface area (TPSA) is 52.7 Å². The number of benzene rings is 2. The first-order valence-corrected chi connectivity index (χ1v) is 9.59. The molecule has 1 N–H and O–H groups in total. The summed E-state index contributed by atoms with van der Waals surface area (Å²) in [6, 6.07) is 14.7. The molecule has 0 fully saturated rings. The third-order valence-electron chi connectivity index (χ3n) is 4.68. The Morgan fingerprint density at radius 3 is 2.00 bits per heavy atom. The van der Waals surface area contributed by atoms with E-state index in [9.17, 15) is 9.59 Å². The smallest absolute Gasteiger partial charge is 0.255 e. The first-order valence-electron chi connectivity index (χ1n) is 9.59. The summed E-state index contributed by atoms with van der Waals surface area (Å²) >= 11 is 0. The van der Waals surface area contributed by atoms with E-state index in [0.717, 1.165) is 18.8 Å². The highest BCUT2D eigenvalue weighted by molar-refractivity contribution is 6.05. The van der Waals surface area contributed by atoms with E-state index in [2.05, 4.69) is 24.1 Å². The van der Waals surface area contributed by atoms with Crippen molar-refractivity contribution in [3.63, 3.8) is 0 Å². The van der Waals surface area contributed by atoms with Gasteiger partial charge in [-0.3, -0.25) is 9.59 Å². The number of amides is 2. The molecule has 0 saturated heterocycles. The van der Waals surface area contributed by atoms with Gasteiger partial charge in [0, 0.05) is 48.7 Å². The maximum Gasteiger partial charge on any atom is 0.255 e. The molecule has 0 saturated carbocycles. The average Bonchev–Trinajstić information content (AvgIpc) is 2.70. The minimum atomic E-state index is -0.187. The first kappa shape index (κ1) is 20.5. The summed E-state index contributed by atoms with van der Waals surface area (Å²) in [6.07, 6.45) is 0. The Hall–Kier alpha value is -2.82. The third-order valence-corrected chi connectivity index (χ3v) is 4.68. The van der Waals surface area contributed by atoms with Crippen LogP contribution in [-0.2, 0) is 0 Å². The van der Waals surface area contributed by atoms with Gasteiger partial charge in [-0.1, -0.05) is 6.07 Å². The largest absolute Gasteiger partial charge is 0.372 e. The molecule has 2 aromatic rings. The number of carbonyl (C=O) groups is 2. The van der Waals surface area contributed by atoms with Gasteiger partial charge in [0.25, 0.3) is 11.8 Å². The summed E-state index contributed by atoms with van der Waals surface area (Å²) in [7, 11) is 0. The van der Waals surface area contributed by atoms with E-state index in [1.807, 2.05) is 38.1 Å². The van der Waals surface area contributed by atoms with Crippen LogP contribution in [0.4, 0.5) is 11.4 Å². The minimum absolute atomic E-state index is 0.0281. The lowest BCUT2D eigenvalue weighted by molar-refractivity contribution is 0.0772. The van der Waals surface area contributed by atoms with Crippen LogP contribution in [-0.4, -0.2) is 42.9 Å². The number of carbonyl (C=O) groups excluding carboxylic acids is 2. The van der Waals surface area contributed by atoms with Crippen molar-refractivity contribution in [2.24, 2.45) is 0 Å². The Balaban J connectivity index is 2.12. The molecule has 0 radical (unpaired) electrons. The van der Waals surface area contributed by atoms with Gasteiger partial charge in [0.1, 0.15) is 0 Å². The fraction of sp³-hybridized carbons (Fsp3) is 0.364. The Morgan fingerprint density at radius 2 is 1.44 bits per heavy atom. The molecule has 0 aliphatic heterocycles. The molecule has 0 spiro atoms. The van der Waals surface area contributed by atoms with Gasteiger partial charge in [-0.15, -0.1) is 0 Å². The predicted octanol–water partition coefficient (Wildman–Crippen LogP) is 4.27. The second-order valence-electron chi connectivity index (χ2n) is 6.23. The van der Waals surface area contributed by atoms with Crippen LogP contribution in [0.25, 0.3) is 0 Å². The zero-order valence-electron chi connectivity index (χ0n) is 16.7. The summed E-state index contributed by atoms with van der Waals surface area (Å²) < 4.78 is 0. The van der Waals surface area contributed by atoms with Crippen molar-refractivity contribution in [1.82, 2.24) is 4.90 Å². The lowest BCUT2D eigenvalue weighted by Gasteiger charge is -2.21. The summed E-state index contributed by atoms with van der Waals surface area (Å²) in [4.78, 5) is 29.0. The molecule has 5 heteroatoms. The van der Waals surface area contributed by atoms with Crippen LogP contribution in [0, 0.1) is 0 Å². The van der Waals surface area contributed by atoms with Gasteiger partial charge in [0.05, 0.1) is 0 Å². The van der Waals surface area contributed by atoms with E-state index in [0.29, 0.717) is 29.9 Å². The average molecular weight is 367 g/mol. The molecule has 0 heterocycles. The molecule has 0 aromatic heterocycles. The SMILES string of the molecule is CCN(CC)C(=O)c1cccc(NC(=O)c2ccc(N(CC)CC)cc2)c1. The molecule has 0 aliphatic carbocycles. The molecule has 2 rings (SSSR count). The molecule has 0 aliphatic rings. The highest BCUT2D eigenvalue weighted by Gasteiger charge is 2.14. The zero-order valence-corrected chi connectivity index (χ0v) is 16.7. The number of rotatable bonds is 8. The molecule has 144 valence electrons. The second-order valence-corrected chi connectivity index (χ2v) is 6.23. The van der Waals surface area contributed by atoms with Gasteiger partial charge >= 0.3 is 0 Å². The van der Waals surface area contributed by atoms with Crippen molar-refractivity contribution in [3.8, 4) is 0 Å². The summed E-state index contributed by atoms with van der Waals surface area (Å²) in [5.74, 6) is -0.215. The van der Waals surface area contributed by atoms with Crippen LogP contribution in [0.2, 0.25) is 0 Å². The summed E-state index contributed by atoms with van der Waals surface area (Å²) in [5.41, 5.74) is 2.88. The summed E-state index contributed by atoms with van der Waals surface area (Å²) in [5, 5.41) is 2.88. The predicted molar refractivity (Wildman–Crippen MR) is 112 cm³/mol. The van der Waals surface area contributed by atoms with Crippen molar-refractivity contribution >= 4 is 23.2 Å². The normalized spacial score (nSPS) is 10.4. The van der Waals surface area contributed by atoms with Gasteiger partial charge < -0.3 is 15.1 Å². The van der Waals surface area contributed by atoms with Crippen LogP contribution >= 0.6 is 0 Å². The molecule has 5 nitrogen and oxygen atoms in total. The lowest BCUT2D eigenvalue weighted by atomic mass is 10.1. The Labute approximate surface area is 162 Å². The van der Waals surface area contributed by atoms with E-state index in [-0.39, 0.29) is 11.8 Å². The number of anilines is 2. The number of nitrogens with zero attached hydrogens (tertiary/aromatic N) is 2. The van der Waals surface area contributed by atoms with E-state index >= 15 is 0 Å². The molecule has 0 bridgehead atoms. The van der Waals surface area contributed by atoms with Crippen molar-refractivity contribution in [3.05, 3.63) is 59.7 Å². The van der Waals surface area contributed by atoms with Crippen molar-refractivity contribution in [2.45, 2.75) is 27.7 Å². The molecule has 0 unspecified atom stereocenters. The Kier molecular flexibility index (Phi) is 7.41. The molecular weight excluding hydrogens is 338 g/mol. The van der Waals surface area contributed by atoms with Gasteiger partial charge in [-0.25, -0.2) is 0 Å². The molecular formula is C22H29N3O2. The van der Waals surface area contributed by atoms with Gasteiger partial charge in [0.15, 0.2) is 0 Å². The van der Waals surface area contributed by atoms with Crippen molar-refractivity contribution in [1.29, 1.82) is 0 Å². The standard InChI is InChI=1S/C22H29N3O2/c1-5-24(6-2)20-14-12-17(13-15-20)21(26)23-19-11-9-10-18(16-19)22(27)25(7-3)8-4/h9-16H,5-8H2,1-4H3,(H,23,26). The fourth-order valence-electron chi connectivity index (χ4n) is 3.04. The zero-order chi connectivity index (χ0) is 19.8. The first-order chi connectivity index (χ1) is 13.0. The highest BCUT2D eigenvalue weighted by atomic mass is 16.2. The van der Waals surface area contributed by atoms with Crippen LogP contribution in [0.1, 0.15) is 48.4 Å². The van der Waals surface area contributed by atoms with Crippen LogP contribution in [0.15, 0.2) is 48.5 Å². The monoisotopic (exact) mass is 367 g/mol. The fourth-order valence-corrected chi connectivity index (χ4v) is 3.04. The van der Waals surface area contributed by atoms with Crippen molar-refractivity contribution < 1.29 is 9.59 Å². The second kappa shape index (κ2) is 9.76. The van der Waals surface area contributed by atoms with Gasteiger partial charge in [-0.05, 0) is 70.2 Å². The van der Waals surface area contributed by atoms with E-state index in [1.165, 1.54) is 0 Å². The number of hydrogen-bond acceptors (Lipinski definition) is 3. The third kappa shape index (κ3) is 5.09. The number of hydrogen-bond donors (Lipinski definition) is 1. The lowest BCUT2D eigenvalue weighted by Crippen LogP contribution is -2.30.